The third-order valence-electron chi connectivity index (χ3n) is 3.31. The largest absolute Gasteiger partial charge is 0.376 e. The SMILES string of the molecule is C=C(C)COCCNC1CCN(C2CC2)C1. The summed E-state index contributed by atoms with van der Waals surface area (Å²) in [6.07, 6.45) is 4.15. The smallest absolute Gasteiger partial charge is 0.0672 e. The third-order valence-corrected chi connectivity index (χ3v) is 3.31. The van der Waals surface area contributed by atoms with Crippen LogP contribution >= 0.6 is 0 Å². The Morgan fingerprint density at radius 2 is 2.25 bits per heavy atom. The molecule has 1 aliphatic carbocycles. The summed E-state index contributed by atoms with van der Waals surface area (Å²) in [4.78, 5) is 2.63. The Kier molecular flexibility index (Phi) is 4.38. The first kappa shape index (κ1) is 12.1. The number of ether oxygens (including phenoxy) is 1. The minimum Gasteiger partial charge on any atom is -0.376 e. The van der Waals surface area contributed by atoms with E-state index in [1.807, 2.05) is 6.92 Å². The molecule has 0 aromatic heterocycles. The molecule has 92 valence electrons. The molecule has 0 amide bonds. The first-order valence-electron chi connectivity index (χ1n) is 6.45. The van der Waals surface area contributed by atoms with Gasteiger partial charge in [-0.25, -0.2) is 0 Å². The fourth-order valence-corrected chi connectivity index (χ4v) is 2.31. The summed E-state index contributed by atoms with van der Waals surface area (Å²) < 4.78 is 5.47. The normalized spacial score (nSPS) is 26.2. The van der Waals surface area contributed by atoms with Gasteiger partial charge in [0.05, 0.1) is 13.2 Å². The molecule has 3 nitrogen and oxygen atoms in total. The van der Waals surface area contributed by atoms with Crippen molar-refractivity contribution < 1.29 is 4.74 Å². The first-order valence-corrected chi connectivity index (χ1v) is 6.45. The topological polar surface area (TPSA) is 24.5 Å². The molecule has 16 heavy (non-hydrogen) atoms. The van der Waals surface area contributed by atoms with Gasteiger partial charge in [0.25, 0.3) is 0 Å². The average Bonchev–Trinajstić information content (AvgIpc) is 2.99. The van der Waals surface area contributed by atoms with Crippen molar-refractivity contribution in [3.05, 3.63) is 12.2 Å². The van der Waals surface area contributed by atoms with Gasteiger partial charge in [0, 0.05) is 31.7 Å². The predicted octanol–water partition coefficient (Wildman–Crippen LogP) is 1.41. The van der Waals surface area contributed by atoms with Crippen LogP contribution in [0.3, 0.4) is 0 Å². The Morgan fingerprint density at radius 1 is 1.44 bits per heavy atom. The molecule has 1 aliphatic heterocycles. The van der Waals surface area contributed by atoms with Crippen molar-refractivity contribution in [3.8, 4) is 0 Å². The fourth-order valence-electron chi connectivity index (χ4n) is 2.31. The lowest BCUT2D eigenvalue weighted by Crippen LogP contribution is -2.35. The lowest BCUT2D eigenvalue weighted by molar-refractivity contribution is 0.155. The minimum atomic E-state index is 0.689. The van der Waals surface area contributed by atoms with Gasteiger partial charge in [-0.2, -0.15) is 0 Å². The highest BCUT2D eigenvalue weighted by atomic mass is 16.5. The second-order valence-electron chi connectivity index (χ2n) is 5.18. The highest BCUT2D eigenvalue weighted by Crippen LogP contribution is 2.29. The number of nitrogens with zero attached hydrogens (tertiary/aromatic N) is 1. The number of hydrogen-bond acceptors (Lipinski definition) is 3. The maximum absolute atomic E-state index is 5.47. The Bertz CT molecular complexity index is 238. The van der Waals surface area contributed by atoms with E-state index in [0.717, 1.165) is 24.8 Å². The van der Waals surface area contributed by atoms with Gasteiger partial charge in [-0.1, -0.05) is 12.2 Å². The summed E-state index contributed by atoms with van der Waals surface area (Å²) in [5, 5.41) is 3.57. The molecule has 0 spiro atoms. The van der Waals surface area contributed by atoms with Crippen molar-refractivity contribution in [2.75, 3.05) is 32.8 Å². The predicted molar refractivity (Wildman–Crippen MR) is 66.6 cm³/mol. The number of nitrogens with one attached hydrogen (secondary N) is 1. The zero-order valence-corrected chi connectivity index (χ0v) is 10.4. The van der Waals surface area contributed by atoms with Gasteiger partial charge in [0.2, 0.25) is 0 Å². The average molecular weight is 224 g/mol. The molecule has 3 heteroatoms. The number of likely N-dealkylation sites (tertiary alicyclic amines) is 1. The van der Waals surface area contributed by atoms with Crippen LogP contribution in [0.1, 0.15) is 26.2 Å². The molecule has 1 saturated heterocycles. The van der Waals surface area contributed by atoms with Crippen LogP contribution in [-0.4, -0.2) is 49.8 Å². The Morgan fingerprint density at radius 3 is 2.94 bits per heavy atom. The van der Waals surface area contributed by atoms with E-state index in [0.29, 0.717) is 12.6 Å². The van der Waals surface area contributed by atoms with Crippen LogP contribution in [0.25, 0.3) is 0 Å². The molecule has 0 bridgehead atoms. The highest BCUT2D eigenvalue weighted by Gasteiger charge is 2.33. The molecular formula is C13H24N2O. The van der Waals surface area contributed by atoms with E-state index in [9.17, 15) is 0 Å². The second kappa shape index (κ2) is 5.80. The van der Waals surface area contributed by atoms with Crippen molar-refractivity contribution in [1.29, 1.82) is 0 Å². The first-order chi connectivity index (χ1) is 7.75. The van der Waals surface area contributed by atoms with E-state index in [1.54, 1.807) is 0 Å². The van der Waals surface area contributed by atoms with Crippen LogP contribution in [0, 0.1) is 0 Å². The van der Waals surface area contributed by atoms with E-state index in [4.69, 9.17) is 4.74 Å². The summed E-state index contributed by atoms with van der Waals surface area (Å²) in [5.74, 6) is 0. The molecular weight excluding hydrogens is 200 g/mol. The van der Waals surface area contributed by atoms with E-state index >= 15 is 0 Å². The lowest BCUT2D eigenvalue weighted by atomic mass is 10.3. The van der Waals surface area contributed by atoms with E-state index in [-0.39, 0.29) is 0 Å². The molecule has 2 fully saturated rings. The third kappa shape index (κ3) is 3.89. The molecule has 1 saturated carbocycles. The summed E-state index contributed by atoms with van der Waals surface area (Å²) in [6, 6.07) is 1.61. The van der Waals surface area contributed by atoms with Crippen molar-refractivity contribution in [2.45, 2.75) is 38.3 Å². The van der Waals surface area contributed by atoms with Crippen molar-refractivity contribution >= 4 is 0 Å². The molecule has 2 rings (SSSR count). The zero-order valence-electron chi connectivity index (χ0n) is 10.4. The van der Waals surface area contributed by atoms with E-state index in [1.165, 1.54) is 32.4 Å². The Hall–Kier alpha value is -0.380. The standard InChI is InChI=1S/C13H24N2O/c1-11(2)10-16-8-6-14-12-5-7-15(9-12)13-3-4-13/h12-14H,1,3-10H2,2H3. The van der Waals surface area contributed by atoms with Gasteiger partial charge in [0.1, 0.15) is 0 Å². The van der Waals surface area contributed by atoms with E-state index < -0.39 is 0 Å². The van der Waals surface area contributed by atoms with Crippen molar-refractivity contribution in [3.63, 3.8) is 0 Å². The molecule has 0 radical (unpaired) electrons. The van der Waals surface area contributed by atoms with Crippen LogP contribution < -0.4 is 5.32 Å². The van der Waals surface area contributed by atoms with Crippen LogP contribution in [0.5, 0.6) is 0 Å². The van der Waals surface area contributed by atoms with Crippen LogP contribution in [-0.2, 0) is 4.74 Å². The minimum absolute atomic E-state index is 0.689. The van der Waals surface area contributed by atoms with Gasteiger partial charge in [-0.05, 0) is 26.2 Å². The quantitative estimate of drug-likeness (QED) is 0.523. The monoisotopic (exact) mass is 224 g/mol. The Labute approximate surface area is 98.8 Å². The van der Waals surface area contributed by atoms with Gasteiger partial charge < -0.3 is 10.1 Å². The molecule has 1 heterocycles. The summed E-state index contributed by atoms with van der Waals surface area (Å²) >= 11 is 0. The maximum Gasteiger partial charge on any atom is 0.0672 e. The molecule has 2 aliphatic rings. The Balaban J connectivity index is 1.49. The van der Waals surface area contributed by atoms with Gasteiger partial charge in [-0.15, -0.1) is 0 Å². The summed E-state index contributed by atoms with van der Waals surface area (Å²) in [7, 11) is 0. The highest BCUT2D eigenvalue weighted by molar-refractivity contribution is 4.91. The molecule has 0 aromatic rings. The maximum atomic E-state index is 5.47. The van der Waals surface area contributed by atoms with Gasteiger partial charge in [-0.3, -0.25) is 4.90 Å². The number of hydrogen-bond donors (Lipinski definition) is 1. The van der Waals surface area contributed by atoms with Crippen LogP contribution in [0.4, 0.5) is 0 Å². The second-order valence-corrected chi connectivity index (χ2v) is 5.18. The van der Waals surface area contributed by atoms with Crippen LogP contribution in [0.2, 0.25) is 0 Å². The van der Waals surface area contributed by atoms with Gasteiger partial charge in [0.15, 0.2) is 0 Å². The zero-order chi connectivity index (χ0) is 11.4. The lowest BCUT2D eigenvalue weighted by Gasteiger charge is -2.15. The van der Waals surface area contributed by atoms with Gasteiger partial charge >= 0.3 is 0 Å². The number of rotatable bonds is 7. The summed E-state index contributed by atoms with van der Waals surface area (Å²) in [6.45, 7) is 10.8. The van der Waals surface area contributed by atoms with Crippen molar-refractivity contribution in [1.82, 2.24) is 10.2 Å². The molecule has 1 N–H and O–H groups in total. The molecule has 0 aromatic carbocycles. The fraction of sp³-hybridized carbons (Fsp3) is 0.846. The van der Waals surface area contributed by atoms with Crippen molar-refractivity contribution in [2.24, 2.45) is 0 Å². The molecule has 1 atom stereocenters. The van der Waals surface area contributed by atoms with E-state index in [2.05, 4.69) is 16.8 Å². The van der Waals surface area contributed by atoms with Crippen LogP contribution in [0.15, 0.2) is 12.2 Å². The molecule has 1 unspecified atom stereocenters. The summed E-state index contributed by atoms with van der Waals surface area (Å²) in [5.41, 5.74) is 1.10.